The number of nitrogens with zero attached hydrogens (tertiary/aromatic N) is 2. The zero-order valence-corrected chi connectivity index (χ0v) is 10.9. The standard InChI is InChI=1S/C8H10ClF2IN2/c1-8(2,3)14-5(9)4(6(10)11)7(12)13-14/h6H,1-3H3. The van der Waals surface area contributed by atoms with Crippen LogP contribution in [0.2, 0.25) is 5.15 Å². The second-order valence-corrected chi connectivity index (χ2v) is 5.26. The maximum Gasteiger partial charge on any atom is 0.269 e. The molecule has 80 valence electrons. The molecule has 0 aromatic carbocycles. The van der Waals surface area contributed by atoms with Crippen molar-refractivity contribution in [1.82, 2.24) is 9.78 Å². The van der Waals surface area contributed by atoms with Gasteiger partial charge in [0, 0.05) is 0 Å². The number of alkyl halides is 2. The van der Waals surface area contributed by atoms with Crippen LogP contribution in [0.1, 0.15) is 32.8 Å². The van der Waals surface area contributed by atoms with Crippen molar-refractivity contribution in [3.05, 3.63) is 14.4 Å². The Balaban J connectivity index is 3.31. The molecule has 0 atom stereocenters. The molecule has 1 heterocycles. The summed E-state index contributed by atoms with van der Waals surface area (Å²) in [6.07, 6.45) is -2.58. The van der Waals surface area contributed by atoms with E-state index in [-0.39, 0.29) is 20.0 Å². The van der Waals surface area contributed by atoms with Crippen LogP contribution in [0, 0.1) is 3.70 Å². The monoisotopic (exact) mass is 334 g/mol. The first-order valence-corrected chi connectivity index (χ1v) is 5.43. The quantitative estimate of drug-likeness (QED) is 0.714. The molecule has 6 heteroatoms. The maximum absolute atomic E-state index is 12.5. The Morgan fingerprint density at radius 2 is 1.93 bits per heavy atom. The highest BCUT2D eigenvalue weighted by atomic mass is 127. The van der Waals surface area contributed by atoms with Gasteiger partial charge in [-0.25, -0.2) is 13.5 Å². The second kappa shape index (κ2) is 3.92. The molecule has 0 aliphatic carbocycles. The fourth-order valence-electron chi connectivity index (χ4n) is 1.01. The van der Waals surface area contributed by atoms with Gasteiger partial charge in [-0.3, -0.25) is 0 Å². The van der Waals surface area contributed by atoms with Crippen LogP contribution in [0.3, 0.4) is 0 Å². The first-order chi connectivity index (χ1) is 6.25. The molecule has 14 heavy (non-hydrogen) atoms. The fourth-order valence-corrected chi connectivity index (χ4v) is 2.34. The molecular weight excluding hydrogens is 324 g/mol. The average molecular weight is 335 g/mol. The van der Waals surface area contributed by atoms with Gasteiger partial charge in [-0.2, -0.15) is 5.10 Å². The summed E-state index contributed by atoms with van der Waals surface area (Å²) < 4.78 is 26.8. The summed E-state index contributed by atoms with van der Waals surface area (Å²) in [5, 5.41) is 4.02. The summed E-state index contributed by atoms with van der Waals surface area (Å²) in [5.41, 5.74) is -0.563. The van der Waals surface area contributed by atoms with Crippen molar-refractivity contribution in [2.75, 3.05) is 0 Å². The molecular formula is C8H10ClF2IN2. The maximum atomic E-state index is 12.5. The van der Waals surface area contributed by atoms with E-state index >= 15 is 0 Å². The van der Waals surface area contributed by atoms with Crippen LogP contribution in [0.25, 0.3) is 0 Å². The summed E-state index contributed by atoms with van der Waals surface area (Å²) in [5.74, 6) is 0. The number of aromatic nitrogens is 2. The Labute approximate surface area is 99.8 Å². The van der Waals surface area contributed by atoms with Crippen LogP contribution in [-0.2, 0) is 5.54 Å². The molecule has 0 saturated carbocycles. The van der Waals surface area contributed by atoms with Gasteiger partial charge in [-0.15, -0.1) is 0 Å². The van der Waals surface area contributed by atoms with E-state index in [0.717, 1.165) is 0 Å². The van der Waals surface area contributed by atoms with Gasteiger partial charge in [-0.1, -0.05) is 11.6 Å². The SMILES string of the molecule is CC(C)(C)n1nc(I)c(C(F)F)c1Cl. The third-order valence-electron chi connectivity index (χ3n) is 1.67. The predicted molar refractivity (Wildman–Crippen MR) is 59.9 cm³/mol. The number of hydrogen-bond donors (Lipinski definition) is 0. The molecule has 0 aliphatic heterocycles. The third kappa shape index (κ3) is 2.18. The lowest BCUT2D eigenvalue weighted by atomic mass is 10.1. The zero-order valence-electron chi connectivity index (χ0n) is 7.98. The smallest absolute Gasteiger partial charge is 0.247 e. The van der Waals surface area contributed by atoms with E-state index in [1.165, 1.54) is 4.68 Å². The van der Waals surface area contributed by atoms with Crippen molar-refractivity contribution in [2.45, 2.75) is 32.7 Å². The molecule has 0 radical (unpaired) electrons. The van der Waals surface area contributed by atoms with Gasteiger partial charge < -0.3 is 0 Å². The van der Waals surface area contributed by atoms with Crippen molar-refractivity contribution >= 4 is 34.2 Å². The molecule has 0 aliphatic rings. The first kappa shape index (κ1) is 12.2. The van der Waals surface area contributed by atoms with E-state index < -0.39 is 6.43 Å². The van der Waals surface area contributed by atoms with Gasteiger partial charge in [0.15, 0.2) is 0 Å². The lowest BCUT2D eigenvalue weighted by molar-refractivity contribution is 0.150. The minimum Gasteiger partial charge on any atom is -0.247 e. The fraction of sp³-hybridized carbons (Fsp3) is 0.625. The van der Waals surface area contributed by atoms with Gasteiger partial charge in [0.05, 0.1) is 11.1 Å². The van der Waals surface area contributed by atoms with Crippen LogP contribution in [0.5, 0.6) is 0 Å². The van der Waals surface area contributed by atoms with Gasteiger partial charge in [0.1, 0.15) is 8.85 Å². The van der Waals surface area contributed by atoms with E-state index in [1.54, 1.807) is 22.6 Å². The van der Waals surface area contributed by atoms with Crippen molar-refractivity contribution in [1.29, 1.82) is 0 Å². The summed E-state index contributed by atoms with van der Waals surface area (Å²) in [4.78, 5) is 0. The van der Waals surface area contributed by atoms with Crippen LogP contribution >= 0.6 is 34.2 Å². The Hall–Kier alpha value is 0.0900. The molecule has 2 nitrogen and oxygen atoms in total. The molecule has 0 amide bonds. The number of hydrogen-bond acceptors (Lipinski definition) is 1. The largest absolute Gasteiger partial charge is 0.269 e. The molecule has 1 aromatic heterocycles. The Bertz CT molecular complexity index is 344. The van der Waals surface area contributed by atoms with Crippen LogP contribution < -0.4 is 0 Å². The van der Waals surface area contributed by atoms with E-state index in [1.807, 2.05) is 20.8 Å². The lowest BCUT2D eigenvalue weighted by Gasteiger charge is -2.20. The number of rotatable bonds is 1. The average Bonchev–Trinajstić information content (AvgIpc) is 2.24. The van der Waals surface area contributed by atoms with E-state index in [0.29, 0.717) is 0 Å². The predicted octanol–water partition coefficient (Wildman–Crippen LogP) is 3.83. The van der Waals surface area contributed by atoms with Crippen molar-refractivity contribution in [3.8, 4) is 0 Å². The molecule has 0 N–H and O–H groups in total. The van der Waals surface area contributed by atoms with Gasteiger partial charge in [0.25, 0.3) is 6.43 Å². The summed E-state index contributed by atoms with van der Waals surface area (Å²) in [6, 6.07) is 0. The highest BCUT2D eigenvalue weighted by molar-refractivity contribution is 14.1. The summed E-state index contributed by atoms with van der Waals surface area (Å²) >= 11 is 7.59. The van der Waals surface area contributed by atoms with Crippen LogP contribution in [0.4, 0.5) is 8.78 Å². The summed E-state index contributed by atoms with van der Waals surface area (Å²) in [7, 11) is 0. The lowest BCUT2D eigenvalue weighted by Crippen LogP contribution is -2.23. The van der Waals surface area contributed by atoms with Gasteiger partial charge in [-0.05, 0) is 43.4 Å². The molecule has 1 rings (SSSR count). The summed E-state index contributed by atoms with van der Waals surface area (Å²) in [6.45, 7) is 5.58. The van der Waals surface area contributed by atoms with Crippen molar-refractivity contribution in [2.24, 2.45) is 0 Å². The van der Waals surface area contributed by atoms with Crippen LogP contribution in [-0.4, -0.2) is 9.78 Å². The molecule has 0 unspecified atom stereocenters. The Kier molecular flexibility index (Phi) is 3.41. The topological polar surface area (TPSA) is 17.8 Å². The first-order valence-electron chi connectivity index (χ1n) is 3.97. The van der Waals surface area contributed by atoms with Crippen molar-refractivity contribution in [3.63, 3.8) is 0 Å². The second-order valence-electron chi connectivity index (χ2n) is 3.88. The minimum absolute atomic E-state index is 0.0249. The molecule has 0 saturated heterocycles. The Morgan fingerprint density at radius 3 is 2.14 bits per heavy atom. The molecule has 0 fully saturated rings. The third-order valence-corrected chi connectivity index (χ3v) is 2.83. The van der Waals surface area contributed by atoms with Gasteiger partial charge >= 0.3 is 0 Å². The van der Waals surface area contributed by atoms with E-state index in [4.69, 9.17) is 11.6 Å². The van der Waals surface area contributed by atoms with Crippen molar-refractivity contribution < 1.29 is 8.78 Å². The highest BCUT2D eigenvalue weighted by Gasteiger charge is 2.27. The molecule has 0 bridgehead atoms. The minimum atomic E-state index is -2.58. The number of halogens is 4. The normalized spacial score (nSPS) is 12.6. The molecule has 0 spiro atoms. The Morgan fingerprint density at radius 1 is 1.43 bits per heavy atom. The van der Waals surface area contributed by atoms with Crippen LogP contribution in [0.15, 0.2) is 0 Å². The van der Waals surface area contributed by atoms with E-state index in [2.05, 4.69) is 5.10 Å². The zero-order chi connectivity index (χ0) is 11.1. The molecule has 1 aromatic rings. The van der Waals surface area contributed by atoms with E-state index in [9.17, 15) is 8.78 Å². The highest BCUT2D eigenvalue weighted by Crippen LogP contribution is 2.33. The van der Waals surface area contributed by atoms with Gasteiger partial charge in [0.2, 0.25) is 0 Å².